The summed E-state index contributed by atoms with van der Waals surface area (Å²) < 4.78 is 18.3. The summed E-state index contributed by atoms with van der Waals surface area (Å²) >= 11 is 0. The zero-order chi connectivity index (χ0) is 32.3. The number of ketones is 1. The average Bonchev–Trinajstić information content (AvgIpc) is 3.77. The van der Waals surface area contributed by atoms with Crippen molar-refractivity contribution in [3.05, 3.63) is 149 Å². The zero-order valence-electron chi connectivity index (χ0n) is 27.1. The summed E-state index contributed by atoms with van der Waals surface area (Å²) in [6.45, 7) is 1.60. The molecule has 238 valence electrons. The van der Waals surface area contributed by atoms with Gasteiger partial charge in [0.2, 0.25) is 0 Å². The molecule has 2 bridgehead atoms. The highest BCUT2D eigenvalue weighted by Crippen LogP contribution is 2.80. The van der Waals surface area contributed by atoms with E-state index in [4.69, 9.17) is 14.2 Å². The van der Waals surface area contributed by atoms with Crippen molar-refractivity contribution in [1.29, 1.82) is 0 Å². The molecule has 2 spiro atoms. The van der Waals surface area contributed by atoms with Crippen molar-refractivity contribution >= 4 is 22.6 Å². The summed E-state index contributed by atoms with van der Waals surface area (Å²) in [6, 6.07) is 40.5. The lowest BCUT2D eigenvalue weighted by Crippen LogP contribution is -2.56. The molecule has 4 aliphatic heterocycles. The van der Waals surface area contributed by atoms with Gasteiger partial charge in [-0.2, -0.15) is 0 Å². The maximum Gasteiger partial charge on any atom is 0.174 e. The molecular formula is C42H36N2O4. The van der Waals surface area contributed by atoms with Crippen molar-refractivity contribution in [3.8, 4) is 11.5 Å². The third-order valence-corrected chi connectivity index (χ3v) is 12.1. The van der Waals surface area contributed by atoms with E-state index in [2.05, 4.69) is 107 Å². The Morgan fingerprint density at radius 1 is 0.812 bits per heavy atom. The Labute approximate surface area is 280 Å². The second-order valence-corrected chi connectivity index (χ2v) is 13.9. The van der Waals surface area contributed by atoms with Crippen LogP contribution in [0.4, 0.5) is 0 Å². The number of hydrogen-bond acceptors (Lipinski definition) is 6. The first-order chi connectivity index (χ1) is 23.6. The second-order valence-electron chi connectivity index (χ2n) is 13.9. The van der Waals surface area contributed by atoms with Crippen LogP contribution in [-0.4, -0.2) is 55.7 Å². The van der Waals surface area contributed by atoms with Gasteiger partial charge in [-0.1, -0.05) is 91.0 Å². The zero-order valence-corrected chi connectivity index (χ0v) is 27.1. The van der Waals surface area contributed by atoms with E-state index in [1.54, 1.807) is 14.2 Å². The number of Topliss-reactive ketones (excluding diaryl/α,β-unsaturated/α-hetero) is 1. The van der Waals surface area contributed by atoms with Gasteiger partial charge in [-0.15, -0.1) is 0 Å². The Bertz CT molecular complexity index is 2140. The SMILES string of the molecule is COc1ccc(/C=C2\CN3C[C@@]4(C2=O)[C@@H](c2ccc(OC)cc2)[C@H](Cc2ccccc2)N2CO[C@@]35c3cccc6cccc(c36)[C@@]245)cc1. The van der Waals surface area contributed by atoms with Crippen molar-refractivity contribution in [2.75, 3.05) is 34.0 Å². The minimum absolute atomic E-state index is 0.0127. The molecule has 4 heterocycles. The van der Waals surface area contributed by atoms with E-state index >= 15 is 4.79 Å². The summed E-state index contributed by atoms with van der Waals surface area (Å²) in [6.07, 6.45) is 2.91. The molecule has 10 rings (SSSR count). The number of methoxy groups -OCH3 is 2. The largest absolute Gasteiger partial charge is 0.497 e. The quantitative estimate of drug-likeness (QED) is 0.190. The molecule has 4 saturated heterocycles. The van der Waals surface area contributed by atoms with Crippen LogP contribution in [0.25, 0.3) is 16.8 Å². The maximum atomic E-state index is 15.9. The third-order valence-electron chi connectivity index (χ3n) is 12.1. The molecule has 5 aromatic carbocycles. The number of hydrogen-bond donors (Lipinski definition) is 0. The molecule has 1 unspecified atom stereocenters. The monoisotopic (exact) mass is 632 g/mol. The number of benzene rings is 5. The van der Waals surface area contributed by atoms with Gasteiger partial charge in [0.25, 0.3) is 0 Å². The Morgan fingerprint density at radius 3 is 2.21 bits per heavy atom. The van der Waals surface area contributed by atoms with Crippen LogP contribution >= 0.6 is 0 Å². The highest BCUT2D eigenvalue weighted by molar-refractivity contribution is 6.10. The van der Waals surface area contributed by atoms with Crippen LogP contribution in [0, 0.1) is 5.41 Å². The molecule has 48 heavy (non-hydrogen) atoms. The van der Waals surface area contributed by atoms with E-state index < -0.39 is 16.7 Å². The lowest BCUT2D eigenvalue weighted by molar-refractivity contribution is -0.131. The Morgan fingerprint density at radius 2 is 1.50 bits per heavy atom. The summed E-state index contributed by atoms with van der Waals surface area (Å²) in [5.74, 6) is 1.73. The van der Waals surface area contributed by atoms with Gasteiger partial charge in [-0.3, -0.25) is 14.6 Å². The van der Waals surface area contributed by atoms with Crippen LogP contribution < -0.4 is 9.47 Å². The summed E-state index contributed by atoms with van der Waals surface area (Å²) in [5, 5.41) is 2.44. The van der Waals surface area contributed by atoms with Crippen molar-refractivity contribution in [3.63, 3.8) is 0 Å². The molecule has 0 N–H and O–H groups in total. The number of ether oxygens (including phenoxy) is 3. The highest BCUT2D eigenvalue weighted by Gasteiger charge is 2.90. The van der Waals surface area contributed by atoms with E-state index in [1.165, 1.54) is 33.0 Å². The van der Waals surface area contributed by atoms with Crippen LogP contribution in [0.15, 0.2) is 121 Å². The van der Waals surface area contributed by atoms with E-state index in [1.807, 2.05) is 24.3 Å². The number of piperidine rings is 1. The predicted molar refractivity (Wildman–Crippen MR) is 185 cm³/mol. The number of nitrogens with zero attached hydrogens (tertiary/aromatic N) is 2. The minimum Gasteiger partial charge on any atom is -0.497 e. The second kappa shape index (κ2) is 9.89. The number of carbonyl (C=O) groups excluding carboxylic acids is 1. The smallest absolute Gasteiger partial charge is 0.174 e. The van der Waals surface area contributed by atoms with Crippen LogP contribution in [0.1, 0.15) is 33.7 Å². The van der Waals surface area contributed by atoms with Crippen LogP contribution in [-0.2, 0) is 27.2 Å². The normalized spacial score (nSPS) is 31.8. The standard InChI is InChI=1S/C42H36N2O4/c1-46-32-18-14-28(15-19-32)22-31-24-43-25-40(39(31)45)38(30-16-20-33(47-2)21-17-30)36(23-27-8-4-3-5-9-27)44-26-48-42(43)35-13-7-11-29-10-6-12-34(37(29)35)41(40,42)44/h3-22,36,38H,23-26H2,1-2H3/b31-22+/t36-,38-,40-,41+,42+/m0/s1. The summed E-state index contributed by atoms with van der Waals surface area (Å²) in [5.41, 5.74) is 4.33. The van der Waals surface area contributed by atoms with E-state index in [9.17, 15) is 0 Å². The van der Waals surface area contributed by atoms with Gasteiger partial charge in [0.15, 0.2) is 11.5 Å². The Hall–Kier alpha value is -4.75. The van der Waals surface area contributed by atoms with Crippen molar-refractivity contribution in [2.24, 2.45) is 5.41 Å². The molecule has 0 radical (unpaired) electrons. The third kappa shape index (κ3) is 3.21. The average molecular weight is 633 g/mol. The Balaban J connectivity index is 1.27. The first-order valence-corrected chi connectivity index (χ1v) is 16.8. The number of rotatable bonds is 6. The minimum atomic E-state index is -0.818. The Kier molecular flexibility index (Phi) is 5.83. The number of carbonyl (C=O) groups is 1. The topological polar surface area (TPSA) is 51.2 Å². The molecule has 5 aromatic rings. The molecule has 6 heteroatoms. The summed E-state index contributed by atoms with van der Waals surface area (Å²) in [7, 11) is 3.38. The van der Waals surface area contributed by atoms with Gasteiger partial charge in [-0.25, -0.2) is 0 Å². The van der Waals surface area contributed by atoms with E-state index in [0.29, 0.717) is 19.8 Å². The van der Waals surface area contributed by atoms with E-state index in [-0.39, 0.29) is 17.7 Å². The van der Waals surface area contributed by atoms with Crippen molar-refractivity contribution in [1.82, 2.24) is 9.80 Å². The maximum absolute atomic E-state index is 15.9. The lowest BCUT2D eigenvalue weighted by Gasteiger charge is -2.44. The van der Waals surface area contributed by atoms with Gasteiger partial charge < -0.3 is 14.2 Å². The van der Waals surface area contributed by atoms with Gasteiger partial charge in [0.1, 0.15) is 23.8 Å². The van der Waals surface area contributed by atoms with Gasteiger partial charge in [0.05, 0.1) is 19.6 Å². The van der Waals surface area contributed by atoms with Crippen LogP contribution in [0.5, 0.6) is 11.5 Å². The first kappa shape index (κ1) is 28.3. The predicted octanol–water partition coefficient (Wildman–Crippen LogP) is 6.89. The molecular weight excluding hydrogens is 596 g/mol. The molecule has 0 saturated carbocycles. The molecule has 4 fully saturated rings. The lowest BCUT2D eigenvalue weighted by atomic mass is 9.57. The fraction of sp³-hybridized carbons (Fsp3) is 0.262. The van der Waals surface area contributed by atoms with Gasteiger partial charge >= 0.3 is 0 Å². The van der Waals surface area contributed by atoms with Crippen LogP contribution in [0.2, 0.25) is 0 Å². The fourth-order valence-corrected chi connectivity index (χ4v) is 10.6. The molecule has 6 atom stereocenters. The van der Waals surface area contributed by atoms with Gasteiger partial charge in [-0.05, 0) is 69.8 Å². The summed E-state index contributed by atoms with van der Waals surface area (Å²) in [4.78, 5) is 21.0. The van der Waals surface area contributed by atoms with Crippen LogP contribution in [0.3, 0.4) is 0 Å². The first-order valence-electron chi connectivity index (χ1n) is 16.8. The fourth-order valence-electron chi connectivity index (χ4n) is 10.6. The highest BCUT2D eigenvalue weighted by atomic mass is 16.6. The molecule has 1 aliphatic carbocycles. The van der Waals surface area contributed by atoms with E-state index in [0.717, 1.165) is 29.1 Å². The van der Waals surface area contributed by atoms with Gasteiger partial charge in [0, 0.05) is 36.2 Å². The molecule has 5 aliphatic rings. The van der Waals surface area contributed by atoms with Crippen molar-refractivity contribution in [2.45, 2.75) is 29.6 Å². The number of fused-ring (bicyclic) bond motifs is 1. The molecule has 0 amide bonds. The van der Waals surface area contributed by atoms with Crippen molar-refractivity contribution < 1.29 is 19.0 Å². The molecule has 0 aromatic heterocycles. The molecule has 6 nitrogen and oxygen atoms in total.